The van der Waals surface area contributed by atoms with Crippen LogP contribution in [0.3, 0.4) is 0 Å². The quantitative estimate of drug-likeness (QED) is 0.304. The highest BCUT2D eigenvalue weighted by atomic mass is 19.1. The van der Waals surface area contributed by atoms with Crippen molar-refractivity contribution < 1.29 is 23.3 Å². The molecule has 156 valence electrons. The normalized spacial score (nSPS) is 10.6. The molecule has 0 N–H and O–H groups in total. The molecule has 0 saturated heterocycles. The lowest BCUT2D eigenvalue weighted by Crippen LogP contribution is -1.99. The molecule has 1 aromatic heterocycles. The van der Waals surface area contributed by atoms with E-state index in [4.69, 9.17) is 14.0 Å². The molecule has 1 heterocycles. The zero-order valence-electron chi connectivity index (χ0n) is 16.3. The van der Waals surface area contributed by atoms with Gasteiger partial charge in [-0.15, -0.1) is 0 Å². The van der Waals surface area contributed by atoms with Crippen LogP contribution in [-0.4, -0.2) is 22.2 Å². The second kappa shape index (κ2) is 8.62. The van der Waals surface area contributed by atoms with E-state index in [9.17, 15) is 14.5 Å². The van der Waals surface area contributed by atoms with E-state index in [1.54, 1.807) is 48.5 Å². The van der Waals surface area contributed by atoms with Crippen LogP contribution in [0.15, 0.2) is 71.3 Å². The Morgan fingerprint density at radius 3 is 2.68 bits per heavy atom. The SMILES string of the molecule is COc1cc(-c2noc(-c3ccccc3F)n2)ccc1OCc1cccc([N+](=O)[O-])c1. The van der Waals surface area contributed by atoms with Crippen molar-refractivity contribution >= 4 is 5.69 Å². The van der Waals surface area contributed by atoms with E-state index in [0.29, 0.717) is 22.6 Å². The molecule has 0 aliphatic carbocycles. The maximum atomic E-state index is 14.0. The third-order valence-electron chi connectivity index (χ3n) is 4.47. The molecule has 3 aromatic carbocycles. The number of nitrogens with zero attached hydrogens (tertiary/aromatic N) is 3. The number of ether oxygens (including phenoxy) is 2. The minimum Gasteiger partial charge on any atom is -0.493 e. The molecule has 0 radical (unpaired) electrons. The number of hydrogen-bond acceptors (Lipinski definition) is 7. The van der Waals surface area contributed by atoms with Gasteiger partial charge in [-0.1, -0.05) is 29.4 Å². The second-order valence-electron chi connectivity index (χ2n) is 6.48. The number of nitro groups is 1. The Kier molecular flexibility index (Phi) is 5.57. The van der Waals surface area contributed by atoms with Crippen LogP contribution in [0, 0.1) is 15.9 Å². The fourth-order valence-corrected chi connectivity index (χ4v) is 2.93. The van der Waals surface area contributed by atoms with Gasteiger partial charge in [0, 0.05) is 17.7 Å². The monoisotopic (exact) mass is 421 g/mol. The van der Waals surface area contributed by atoms with Gasteiger partial charge in [0.15, 0.2) is 11.5 Å². The lowest BCUT2D eigenvalue weighted by molar-refractivity contribution is -0.384. The van der Waals surface area contributed by atoms with Gasteiger partial charge >= 0.3 is 0 Å². The molecule has 0 aliphatic rings. The Morgan fingerprint density at radius 2 is 1.90 bits per heavy atom. The predicted molar refractivity (Wildman–Crippen MR) is 109 cm³/mol. The van der Waals surface area contributed by atoms with E-state index in [1.165, 1.54) is 25.3 Å². The fourth-order valence-electron chi connectivity index (χ4n) is 2.93. The van der Waals surface area contributed by atoms with E-state index in [-0.39, 0.29) is 29.6 Å². The number of halogens is 1. The number of nitro benzene ring substituents is 1. The molecule has 0 spiro atoms. The van der Waals surface area contributed by atoms with Gasteiger partial charge in [0.2, 0.25) is 5.82 Å². The average Bonchev–Trinajstić information content (AvgIpc) is 3.28. The predicted octanol–water partition coefficient (Wildman–Crippen LogP) is 5.04. The highest BCUT2D eigenvalue weighted by Gasteiger charge is 2.16. The summed E-state index contributed by atoms with van der Waals surface area (Å²) in [6.07, 6.45) is 0. The first kappa shape index (κ1) is 20.0. The molecule has 0 atom stereocenters. The fraction of sp³-hybridized carbons (Fsp3) is 0.0909. The summed E-state index contributed by atoms with van der Waals surface area (Å²) in [5.41, 5.74) is 1.44. The van der Waals surface area contributed by atoms with Crippen molar-refractivity contribution in [1.82, 2.24) is 10.1 Å². The zero-order chi connectivity index (χ0) is 21.8. The molecule has 0 fully saturated rings. The average molecular weight is 421 g/mol. The molecule has 0 amide bonds. The minimum atomic E-state index is -0.459. The molecule has 0 unspecified atom stereocenters. The van der Waals surface area contributed by atoms with Crippen molar-refractivity contribution in [3.05, 3.63) is 88.2 Å². The highest BCUT2D eigenvalue weighted by molar-refractivity contribution is 5.63. The molecule has 0 bridgehead atoms. The maximum absolute atomic E-state index is 14.0. The van der Waals surface area contributed by atoms with E-state index in [1.807, 2.05) is 0 Å². The van der Waals surface area contributed by atoms with Gasteiger partial charge < -0.3 is 14.0 Å². The molecule has 4 rings (SSSR count). The van der Waals surface area contributed by atoms with E-state index in [2.05, 4.69) is 10.1 Å². The van der Waals surface area contributed by atoms with Crippen LogP contribution in [0.1, 0.15) is 5.56 Å². The summed E-state index contributed by atoms with van der Waals surface area (Å²) in [7, 11) is 1.49. The number of rotatable bonds is 7. The Labute approximate surface area is 176 Å². The van der Waals surface area contributed by atoms with Gasteiger partial charge in [-0.05, 0) is 35.9 Å². The molecular weight excluding hydrogens is 405 g/mol. The summed E-state index contributed by atoms with van der Waals surface area (Å²) in [5, 5.41) is 14.8. The number of aromatic nitrogens is 2. The highest BCUT2D eigenvalue weighted by Crippen LogP contribution is 2.33. The first-order valence-corrected chi connectivity index (χ1v) is 9.18. The summed E-state index contributed by atoms with van der Waals surface area (Å²) in [6.45, 7) is 0.122. The van der Waals surface area contributed by atoms with Crippen LogP contribution < -0.4 is 9.47 Å². The van der Waals surface area contributed by atoms with Crippen LogP contribution >= 0.6 is 0 Å². The van der Waals surface area contributed by atoms with E-state index in [0.717, 1.165) is 0 Å². The summed E-state index contributed by atoms with van der Waals surface area (Å²) in [6, 6.07) is 17.4. The van der Waals surface area contributed by atoms with Gasteiger partial charge in [0.05, 0.1) is 17.6 Å². The molecular formula is C22H16FN3O5. The lowest BCUT2D eigenvalue weighted by Gasteiger charge is -2.11. The van der Waals surface area contributed by atoms with Crippen molar-refractivity contribution in [3.8, 4) is 34.3 Å². The lowest BCUT2D eigenvalue weighted by atomic mass is 10.2. The first-order valence-electron chi connectivity index (χ1n) is 9.18. The smallest absolute Gasteiger partial charge is 0.269 e. The second-order valence-corrected chi connectivity index (χ2v) is 6.48. The largest absolute Gasteiger partial charge is 0.493 e. The Bertz CT molecular complexity index is 1240. The minimum absolute atomic E-state index is 0.00817. The van der Waals surface area contributed by atoms with Gasteiger partial charge in [-0.25, -0.2) is 4.39 Å². The van der Waals surface area contributed by atoms with Gasteiger partial charge in [-0.3, -0.25) is 10.1 Å². The molecule has 4 aromatic rings. The molecule has 0 saturated carbocycles. The summed E-state index contributed by atoms with van der Waals surface area (Å²) in [5.74, 6) is 0.732. The van der Waals surface area contributed by atoms with Gasteiger partial charge in [0.25, 0.3) is 11.6 Å². The first-order chi connectivity index (χ1) is 15.0. The summed E-state index contributed by atoms with van der Waals surface area (Å²) in [4.78, 5) is 14.7. The van der Waals surface area contributed by atoms with Gasteiger partial charge in [-0.2, -0.15) is 4.98 Å². The van der Waals surface area contributed by atoms with Crippen molar-refractivity contribution in [2.75, 3.05) is 7.11 Å². The van der Waals surface area contributed by atoms with Crippen LogP contribution in [0.2, 0.25) is 0 Å². The van der Waals surface area contributed by atoms with Crippen LogP contribution in [-0.2, 0) is 6.61 Å². The van der Waals surface area contributed by atoms with Crippen molar-refractivity contribution in [3.63, 3.8) is 0 Å². The van der Waals surface area contributed by atoms with Gasteiger partial charge in [0.1, 0.15) is 12.4 Å². The molecule has 0 aliphatic heterocycles. The van der Waals surface area contributed by atoms with E-state index >= 15 is 0 Å². The van der Waals surface area contributed by atoms with E-state index < -0.39 is 10.7 Å². The third kappa shape index (κ3) is 4.35. The topological polar surface area (TPSA) is 101 Å². The number of hydrogen-bond donors (Lipinski definition) is 0. The molecule has 31 heavy (non-hydrogen) atoms. The van der Waals surface area contributed by atoms with Crippen molar-refractivity contribution in [2.24, 2.45) is 0 Å². The standard InChI is InChI=1S/C22H16FN3O5/c1-29-20-12-15(21-24-22(31-25-21)17-7-2-3-8-18(17)23)9-10-19(20)30-13-14-5-4-6-16(11-14)26(27)28/h2-12H,13H2,1H3. The number of benzene rings is 3. The number of methoxy groups -OCH3 is 1. The van der Waals surface area contributed by atoms with Crippen molar-refractivity contribution in [1.29, 1.82) is 0 Å². The zero-order valence-corrected chi connectivity index (χ0v) is 16.3. The van der Waals surface area contributed by atoms with Crippen LogP contribution in [0.25, 0.3) is 22.8 Å². The summed E-state index contributed by atoms with van der Waals surface area (Å²) >= 11 is 0. The third-order valence-corrected chi connectivity index (χ3v) is 4.47. The molecule has 8 nitrogen and oxygen atoms in total. The van der Waals surface area contributed by atoms with Crippen molar-refractivity contribution in [2.45, 2.75) is 6.61 Å². The summed E-state index contributed by atoms with van der Waals surface area (Å²) < 4.78 is 30.3. The Hall–Kier alpha value is -4.27. The Balaban J connectivity index is 1.54. The van der Waals surface area contributed by atoms with Crippen LogP contribution in [0.5, 0.6) is 11.5 Å². The maximum Gasteiger partial charge on any atom is 0.269 e. The van der Waals surface area contributed by atoms with Crippen LogP contribution in [0.4, 0.5) is 10.1 Å². The molecule has 9 heteroatoms. The number of non-ortho nitro benzene ring substituents is 1. The Morgan fingerprint density at radius 1 is 1.06 bits per heavy atom.